The van der Waals surface area contributed by atoms with E-state index in [1.165, 1.54) is 29.9 Å². The van der Waals surface area contributed by atoms with Gasteiger partial charge in [-0.2, -0.15) is 4.68 Å². The Hall–Kier alpha value is -2.57. The molecule has 4 nitrogen and oxygen atoms in total. The van der Waals surface area contributed by atoms with Crippen molar-refractivity contribution in [1.29, 1.82) is 0 Å². The van der Waals surface area contributed by atoms with Gasteiger partial charge in [-0.05, 0) is 24.4 Å². The van der Waals surface area contributed by atoms with Gasteiger partial charge in [-0.1, -0.05) is 48.5 Å². The predicted octanol–water partition coefficient (Wildman–Crippen LogP) is 3.61. The lowest BCUT2D eigenvalue weighted by atomic mass is 10.2. The summed E-state index contributed by atoms with van der Waals surface area (Å²) >= 11 is 5.74. The van der Waals surface area contributed by atoms with Crippen LogP contribution in [0, 0.1) is 10.6 Å². The van der Waals surface area contributed by atoms with Crippen LogP contribution in [-0.2, 0) is 19.8 Å². The van der Waals surface area contributed by atoms with Crippen molar-refractivity contribution in [1.82, 2.24) is 14.3 Å². The number of halogens is 1. The lowest BCUT2D eigenvalue weighted by molar-refractivity contribution is -0.947. The van der Waals surface area contributed by atoms with Crippen molar-refractivity contribution in [2.75, 3.05) is 0 Å². The van der Waals surface area contributed by atoms with Crippen LogP contribution in [0.15, 0.2) is 67.3 Å². The molecule has 0 bridgehead atoms. The van der Waals surface area contributed by atoms with Gasteiger partial charge in [0.15, 0.2) is 12.5 Å². The summed E-state index contributed by atoms with van der Waals surface area (Å²) in [5.74, 6) is 0.664. The van der Waals surface area contributed by atoms with Gasteiger partial charge >= 0.3 is 0 Å². The zero-order valence-corrected chi connectivity index (χ0v) is 16.5. The van der Waals surface area contributed by atoms with Gasteiger partial charge in [0.05, 0.1) is 6.04 Å². The molecule has 1 saturated carbocycles. The number of hydrogen-bond donors (Lipinski definition) is 1. The summed E-state index contributed by atoms with van der Waals surface area (Å²) < 4.78 is 17.9. The van der Waals surface area contributed by atoms with E-state index in [1.54, 1.807) is 0 Å². The summed E-state index contributed by atoms with van der Waals surface area (Å²) in [6.45, 7) is 6.02. The van der Waals surface area contributed by atoms with E-state index in [0.717, 1.165) is 23.5 Å². The van der Waals surface area contributed by atoms with E-state index >= 15 is 0 Å². The molecule has 1 aromatic heterocycles. The summed E-state index contributed by atoms with van der Waals surface area (Å²) in [5, 5.41) is 4.85. The van der Waals surface area contributed by atoms with Gasteiger partial charge in [0.1, 0.15) is 12.4 Å². The third kappa shape index (κ3) is 4.13. The van der Waals surface area contributed by atoms with Gasteiger partial charge in [-0.25, -0.2) is 4.39 Å². The molecule has 1 aliphatic carbocycles. The highest BCUT2D eigenvalue weighted by molar-refractivity contribution is 7.71. The lowest BCUT2D eigenvalue weighted by Gasteiger charge is -2.19. The van der Waals surface area contributed by atoms with E-state index in [1.807, 2.05) is 57.8 Å². The van der Waals surface area contributed by atoms with Crippen LogP contribution in [0.3, 0.4) is 0 Å². The fourth-order valence-corrected chi connectivity index (χ4v) is 3.78. The molecule has 1 fully saturated rings. The van der Waals surface area contributed by atoms with Crippen LogP contribution in [0.25, 0.3) is 11.4 Å². The molecule has 0 saturated heterocycles. The first-order valence-electron chi connectivity index (χ1n) is 9.58. The smallest absolute Gasteiger partial charge is 0.203 e. The molecule has 1 N–H and O–H groups in total. The monoisotopic (exact) mass is 395 g/mol. The van der Waals surface area contributed by atoms with E-state index in [9.17, 15) is 4.39 Å². The maximum atomic E-state index is 13.2. The maximum Gasteiger partial charge on any atom is 0.203 e. The van der Waals surface area contributed by atoms with Gasteiger partial charge in [0.2, 0.25) is 4.77 Å². The van der Waals surface area contributed by atoms with Crippen LogP contribution >= 0.6 is 12.2 Å². The fraction of sp³-hybridized carbons (Fsp3) is 0.273. The quantitative estimate of drug-likeness (QED) is 0.466. The minimum absolute atomic E-state index is 0.199. The number of nitrogens with zero attached hydrogens (tertiary/aromatic N) is 3. The third-order valence-corrected chi connectivity index (χ3v) is 5.55. The predicted molar refractivity (Wildman–Crippen MR) is 111 cm³/mol. The van der Waals surface area contributed by atoms with Crippen LogP contribution in [-0.4, -0.2) is 20.4 Å². The molecule has 0 radical (unpaired) electrons. The van der Waals surface area contributed by atoms with Gasteiger partial charge in [-0.3, -0.25) is 4.57 Å². The molecular formula is C22H24FN4S+. The first-order valence-corrected chi connectivity index (χ1v) is 9.99. The second kappa shape index (κ2) is 8.20. The van der Waals surface area contributed by atoms with Crippen molar-refractivity contribution in [2.24, 2.45) is 0 Å². The second-order valence-corrected chi connectivity index (χ2v) is 7.63. The Morgan fingerprint density at radius 1 is 1.14 bits per heavy atom. The average Bonchev–Trinajstić information content (AvgIpc) is 3.51. The number of nitrogens with one attached hydrogen (secondary N) is 1. The fourth-order valence-electron chi connectivity index (χ4n) is 3.52. The van der Waals surface area contributed by atoms with Crippen LogP contribution in [0.1, 0.15) is 18.4 Å². The largest absolute Gasteiger partial charge is 0.310 e. The topological polar surface area (TPSA) is 27.2 Å². The minimum Gasteiger partial charge on any atom is -0.310 e. The molecule has 0 aliphatic heterocycles. The second-order valence-electron chi connectivity index (χ2n) is 7.26. The molecule has 0 amide bonds. The lowest BCUT2D eigenvalue weighted by Crippen LogP contribution is -3.11. The summed E-state index contributed by atoms with van der Waals surface area (Å²) in [6.07, 6.45) is 4.27. The number of quaternary nitrogens is 1. The molecule has 6 heteroatoms. The Bertz CT molecular complexity index is 1000. The molecule has 0 spiro atoms. The van der Waals surface area contributed by atoms with Crippen molar-refractivity contribution < 1.29 is 9.29 Å². The van der Waals surface area contributed by atoms with Crippen molar-refractivity contribution in [3.8, 4) is 11.4 Å². The number of aromatic nitrogens is 3. The average molecular weight is 396 g/mol. The first kappa shape index (κ1) is 18.8. The molecular weight excluding hydrogens is 371 g/mol. The van der Waals surface area contributed by atoms with Crippen molar-refractivity contribution in [3.63, 3.8) is 0 Å². The Kier molecular flexibility index (Phi) is 5.50. The third-order valence-electron chi connectivity index (χ3n) is 5.12. The summed E-state index contributed by atoms with van der Waals surface area (Å²) in [6, 6.07) is 17.5. The molecule has 1 heterocycles. The van der Waals surface area contributed by atoms with Gasteiger partial charge < -0.3 is 4.90 Å². The van der Waals surface area contributed by atoms with E-state index < -0.39 is 0 Å². The molecule has 2 aromatic carbocycles. The molecule has 28 heavy (non-hydrogen) atoms. The highest BCUT2D eigenvalue weighted by Crippen LogP contribution is 2.19. The number of benzene rings is 2. The highest BCUT2D eigenvalue weighted by atomic mass is 32.1. The van der Waals surface area contributed by atoms with Crippen LogP contribution in [0.2, 0.25) is 0 Å². The van der Waals surface area contributed by atoms with E-state index in [-0.39, 0.29) is 5.82 Å². The van der Waals surface area contributed by atoms with Crippen LogP contribution < -0.4 is 4.90 Å². The van der Waals surface area contributed by atoms with Gasteiger partial charge in [-0.15, -0.1) is 11.7 Å². The molecule has 4 rings (SSSR count). The van der Waals surface area contributed by atoms with E-state index in [4.69, 9.17) is 17.3 Å². The number of hydrogen-bond acceptors (Lipinski definition) is 2. The summed E-state index contributed by atoms with van der Waals surface area (Å²) in [5.41, 5.74) is 2.17. The van der Waals surface area contributed by atoms with Gasteiger partial charge in [0, 0.05) is 30.5 Å². The SMILES string of the molecule is C=CCn1c(-c2ccccc2)nn(C[NH+](Cc2ccc(F)cc2)C2CC2)c1=S. The number of rotatable bonds is 8. The zero-order chi connectivity index (χ0) is 19.5. The molecule has 1 unspecified atom stereocenters. The summed E-state index contributed by atoms with van der Waals surface area (Å²) in [7, 11) is 0. The van der Waals surface area contributed by atoms with Gasteiger partial charge in [0.25, 0.3) is 0 Å². The normalized spacial score (nSPS) is 14.8. The number of allylic oxidation sites excluding steroid dienone is 1. The molecule has 1 atom stereocenters. The highest BCUT2D eigenvalue weighted by Gasteiger charge is 2.34. The van der Waals surface area contributed by atoms with Crippen molar-refractivity contribution in [2.45, 2.75) is 38.6 Å². The van der Waals surface area contributed by atoms with Crippen LogP contribution in [0.5, 0.6) is 0 Å². The molecule has 3 aromatic rings. The Morgan fingerprint density at radius 2 is 1.86 bits per heavy atom. The van der Waals surface area contributed by atoms with E-state index in [2.05, 4.69) is 6.58 Å². The Morgan fingerprint density at radius 3 is 2.50 bits per heavy atom. The first-order chi connectivity index (χ1) is 13.7. The maximum absolute atomic E-state index is 13.2. The minimum atomic E-state index is -0.199. The molecule has 144 valence electrons. The van der Waals surface area contributed by atoms with Crippen LogP contribution in [0.4, 0.5) is 4.39 Å². The van der Waals surface area contributed by atoms with Crippen molar-refractivity contribution in [3.05, 3.63) is 83.4 Å². The summed E-state index contributed by atoms with van der Waals surface area (Å²) in [4.78, 5) is 1.41. The van der Waals surface area contributed by atoms with Crippen molar-refractivity contribution >= 4 is 12.2 Å². The Labute approximate surface area is 169 Å². The Balaban J connectivity index is 1.63. The van der Waals surface area contributed by atoms with E-state index in [0.29, 0.717) is 24.0 Å². The standard InChI is InChI=1S/C22H23FN4S/c1-2-14-26-21(18-6-4-3-5-7-18)24-27(22(26)28)16-25(20-12-13-20)15-17-8-10-19(23)11-9-17/h2-11,20H,1,12-16H2/p+1. The zero-order valence-electron chi connectivity index (χ0n) is 15.7. The molecule has 1 aliphatic rings.